The van der Waals surface area contributed by atoms with Gasteiger partial charge in [0.2, 0.25) is 0 Å². The van der Waals surface area contributed by atoms with Crippen molar-refractivity contribution in [1.82, 2.24) is 0 Å². The van der Waals surface area contributed by atoms with Crippen LogP contribution in [0.15, 0.2) is 48.5 Å². The van der Waals surface area contributed by atoms with Gasteiger partial charge in [-0.25, -0.2) is 0 Å². The van der Waals surface area contributed by atoms with Gasteiger partial charge in [-0.05, 0) is 45.5 Å². The Morgan fingerprint density at radius 2 is 1.11 bits per heavy atom. The van der Waals surface area contributed by atoms with E-state index < -0.39 is 0 Å². The highest BCUT2D eigenvalue weighted by molar-refractivity contribution is 6.10. The predicted molar refractivity (Wildman–Crippen MR) is 80.3 cm³/mol. The summed E-state index contributed by atoms with van der Waals surface area (Å²) >= 11 is 0. The molecule has 0 aliphatic rings. The van der Waals surface area contributed by atoms with E-state index in [1.165, 1.54) is 32.7 Å². The summed E-state index contributed by atoms with van der Waals surface area (Å²) in [5.74, 6) is 0.555. The Hall–Kier alpha value is -1.82. The summed E-state index contributed by atoms with van der Waals surface area (Å²) in [6, 6.07) is 17.5. The average Bonchev–Trinajstić information content (AvgIpc) is 2.39. The lowest BCUT2D eigenvalue weighted by atomic mass is 9.87. The maximum atomic E-state index is 2.28. The van der Waals surface area contributed by atoms with Crippen LogP contribution in [-0.4, -0.2) is 0 Å². The first-order chi connectivity index (χ1) is 8.70. The first-order valence-corrected chi connectivity index (χ1v) is 6.60. The first-order valence-electron chi connectivity index (χ1n) is 6.60. The van der Waals surface area contributed by atoms with E-state index in [0.29, 0.717) is 5.92 Å². The molecule has 0 heterocycles. The Kier molecular flexibility index (Phi) is 2.59. The van der Waals surface area contributed by atoms with Crippen molar-refractivity contribution in [3.63, 3.8) is 0 Å². The molecule has 0 radical (unpaired) electrons. The fourth-order valence-corrected chi connectivity index (χ4v) is 3.09. The monoisotopic (exact) mass is 234 g/mol. The SMILES string of the molecule is Cc1c(C(C)C)c2ccccc2c2ccccc12. The van der Waals surface area contributed by atoms with Crippen molar-refractivity contribution in [2.24, 2.45) is 0 Å². The van der Waals surface area contributed by atoms with E-state index in [2.05, 4.69) is 69.3 Å². The number of rotatable bonds is 1. The molecule has 0 heteroatoms. The third-order valence-corrected chi connectivity index (χ3v) is 3.82. The van der Waals surface area contributed by atoms with Crippen LogP contribution in [0.4, 0.5) is 0 Å². The molecule has 3 rings (SSSR count). The van der Waals surface area contributed by atoms with Gasteiger partial charge in [0.1, 0.15) is 0 Å². The Balaban J connectivity index is 2.62. The number of hydrogen-bond donors (Lipinski definition) is 0. The highest BCUT2D eigenvalue weighted by atomic mass is 14.2. The number of aryl methyl sites for hydroxylation is 1. The molecule has 0 aromatic heterocycles. The highest BCUT2D eigenvalue weighted by Crippen LogP contribution is 2.35. The van der Waals surface area contributed by atoms with Gasteiger partial charge < -0.3 is 0 Å². The summed E-state index contributed by atoms with van der Waals surface area (Å²) in [7, 11) is 0. The van der Waals surface area contributed by atoms with Crippen molar-refractivity contribution < 1.29 is 0 Å². The second-order valence-electron chi connectivity index (χ2n) is 5.28. The van der Waals surface area contributed by atoms with E-state index in [0.717, 1.165) is 0 Å². The minimum absolute atomic E-state index is 0.555. The largest absolute Gasteiger partial charge is 0.0616 e. The smallest absolute Gasteiger partial charge is 0.0102 e. The van der Waals surface area contributed by atoms with Gasteiger partial charge in [0.15, 0.2) is 0 Å². The molecule has 0 spiro atoms. The molecule has 0 fully saturated rings. The first kappa shape index (κ1) is 11.3. The van der Waals surface area contributed by atoms with Crippen molar-refractivity contribution in [3.8, 4) is 0 Å². The van der Waals surface area contributed by atoms with E-state index >= 15 is 0 Å². The summed E-state index contributed by atoms with van der Waals surface area (Å²) < 4.78 is 0. The maximum absolute atomic E-state index is 2.28. The van der Waals surface area contributed by atoms with E-state index in [1.807, 2.05) is 0 Å². The van der Waals surface area contributed by atoms with Gasteiger partial charge >= 0.3 is 0 Å². The third kappa shape index (κ3) is 1.53. The van der Waals surface area contributed by atoms with Gasteiger partial charge in [-0.15, -0.1) is 0 Å². The number of fused-ring (bicyclic) bond motifs is 3. The molecule has 0 saturated carbocycles. The van der Waals surface area contributed by atoms with Crippen LogP contribution in [0.1, 0.15) is 30.9 Å². The van der Waals surface area contributed by atoms with E-state index in [-0.39, 0.29) is 0 Å². The Morgan fingerprint density at radius 3 is 1.67 bits per heavy atom. The lowest BCUT2D eigenvalue weighted by molar-refractivity contribution is 0.869. The molecular formula is C18H18. The Bertz CT molecular complexity index is 721. The normalized spacial score (nSPS) is 11.6. The molecule has 0 N–H and O–H groups in total. The fourth-order valence-electron chi connectivity index (χ4n) is 3.09. The summed E-state index contributed by atoms with van der Waals surface area (Å²) in [4.78, 5) is 0. The zero-order valence-corrected chi connectivity index (χ0v) is 11.2. The van der Waals surface area contributed by atoms with Crippen LogP contribution >= 0.6 is 0 Å². The molecule has 3 aromatic carbocycles. The van der Waals surface area contributed by atoms with Crippen molar-refractivity contribution in [1.29, 1.82) is 0 Å². The average molecular weight is 234 g/mol. The van der Waals surface area contributed by atoms with Gasteiger partial charge in [0.25, 0.3) is 0 Å². The quantitative estimate of drug-likeness (QED) is 0.493. The molecule has 0 saturated heterocycles. The minimum atomic E-state index is 0.555. The van der Waals surface area contributed by atoms with Gasteiger partial charge in [0.05, 0.1) is 0 Å². The topological polar surface area (TPSA) is 0 Å². The van der Waals surface area contributed by atoms with Crippen molar-refractivity contribution >= 4 is 21.5 Å². The van der Waals surface area contributed by atoms with Crippen LogP contribution < -0.4 is 0 Å². The van der Waals surface area contributed by atoms with Crippen LogP contribution in [0.25, 0.3) is 21.5 Å². The maximum Gasteiger partial charge on any atom is -0.0102 e. The van der Waals surface area contributed by atoms with Gasteiger partial charge in [-0.3, -0.25) is 0 Å². The van der Waals surface area contributed by atoms with Gasteiger partial charge in [-0.2, -0.15) is 0 Å². The molecule has 0 aliphatic carbocycles. The number of hydrogen-bond acceptors (Lipinski definition) is 0. The fraction of sp³-hybridized carbons (Fsp3) is 0.222. The summed E-state index contributed by atoms with van der Waals surface area (Å²) in [6.45, 7) is 6.82. The molecule has 3 aromatic rings. The zero-order valence-electron chi connectivity index (χ0n) is 11.2. The van der Waals surface area contributed by atoms with Crippen LogP contribution in [-0.2, 0) is 0 Å². The Labute approximate surface area is 108 Å². The van der Waals surface area contributed by atoms with Crippen LogP contribution in [0, 0.1) is 6.92 Å². The summed E-state index contributed by atoms with van der Waals surface area (Å²) in [5.41, 5.74) is 2.92. The lowest BCUT2D eigenvalue weighted by Crippen LogP contribution is -1.95. The van der Waals surface area contributed by atoms with Crippen LogP contribution in [0.2, 0.25) is 0 Å². The second-order valence-corrected chi connectivity index (χ2v) is 5.28. The van der Waals surface area contributed by atoms with E-state index in [9.17, 15) is 0 Å². The molecule has 0 aliphatic heterocycles. The molecule has 0 unspecified atom stereocenters. The van der Waals surface area contributed by atoms with Gasteiger partial charge in [-0.1, -0.05) is 62.4 Å². The predicted octanol–water partition coefficient (Wildman–Crippen LogP) is 5.42. The van der Waals surface area contributed by atoms with Crippen LogP contribution in [0.5, 0.6) is 0 Å². The summed E-state index contributed by atoms with van der Waals surface area (Å²) in [5, 5.41) is 5.54. The van der Waals surface area contributed by atoms with E-state index in [4.69, 9.17) is 0 Å². The molecule has 90 valence electrons. The third-order valence-electron chi connectivity index (χ3n) is 3.82. The van der Waals surface area contributed by atoms with E-state index in [1.54, 1.807) is 0 Å². The van der Waals surface area contributed by atoms with Crippen molar-refractivity contribution in [3.05, 3.63) is 59.7 Å². The minimum Gasteiger partial charge on any atom is -0.0616 e. The Morgan fingerprint density at radius 1 is 0.667 bits per heavy atom. The lowest BCUT2D eigenvalue weighted by Gasteiger charge is -2.17. The molecule has 0 bridgehead atoms. The van der Waals surface area contributed by atoms with Gasteiger partial charge in [0, 0.05) is 0 Å². The van der Waals surface area contributed by atoms with Crippen molar-refractivity contribution in [2.45, 2.75) is 26.7 Å². The van der Waals surface area contributed by atoms with Crippen molar-refractivity contribution in [2.75, 3.05) is 0 Å². The van der Waals surface area contributed by atoms with Crippen LogP contribution in [0.3, 0.4) is 0 Å². The molecule has 0 amide bonds. The standard InChI is InChI=1S/C18H18/c1-12(2)18-13(3)14-8-4-5-9-15(14)16-10-6-7-11-17(16)18/h4-12H,1-3H3. The summed E-state index contributed by atoms with van der Waals surface area (Å²) in [6.07, 6.45) is 0. The molecule has 18 heavy (non-hydrogen) atoms. The molecular weight excluding hydrogens is 216 g/mol. The zero-order chi connectivity index (χ0) is 12.7. The second kappa shape index (κ2) is 4.13. The molecule has 0 atom stereocenters. The molecule has 0 nitrogen and oxygen atoms in total. The number of benzene rings is 3. The highest BCUT2D eigenvalue weighted by Gasteiger charge is 2.12.